The second-order valence-corrected chi connectivity index (χ2v) is 2.68. The third-order valence-electron chi connectivity index (χ3n) is 1.76. The van der Waals surface area contributed by atoms with Crippen LogP contribution in [0, 0.1) is 0 Å². The van der Waals surface area contributed by atoms with Crippen molar-refractivity contribution in [2.45, 2.75) is 32.7 Å². The first-order valence-electron chi connectivity index (χ1n) is 5.04. The highest BCUT2D eigenvalue weighted by molar-refractivity contribution is 5.70. The van der Waals surface area contributed by atoms with Gasteiger partial charge in [0.2, 0.25) is 0 Å². The molecular formula is C10H21N3. The molecule has 76 valence electrons. The van der Waals surface area contributed by atoms with Crippen molar-refractivity contribution < 1.29 is 0 Å². The highest BCUT2D eigenvalue weighted by Crippen LogP contribution is 2.04. The third-order valence-corrected chi connectivity index (χ3v) is 1.76. The molecule has 1 saturated heterocycles. The molecule has 1 aliphatic rings. The van der Waals surface area contributed by atoms with Crippen molar-refractivity contribution in [1.82, 2.24) is 5.32 Å². The number of nitrogens with one attached hydrogen (secondary N) is 1. The molecule has 1 atom stereocenters. The Labute approximate surface area is 81.1 Å². The second kappa shape index (κ2) is 9.26. The Hall–Kier alpha value is -0.830. The average molecular weight is 183 g/mol. The van der Waals surface area contributed by atoms with E-state index < -0.39 is 0 Å². The van der Waals surface area contributed by atoms with Crippen LogP contribution in [-0.4, -0.2) is 25.3 Å². The van der Waals surface area contributed by atoms with Gasteiger partial charge in [-0.2, -0.15) is 0 Å². The van der Waals surface area contributed by atoms with E-state index in [0.717, 1.165) is 13.1 Å². The Kier molecular flexibility index (Phi) is 8.67. The number of aliphatic imine (C=N–C) groups is 1. The van der Waals surface area contributed by atoms with Gasteiger partial charge in [-0.15, -0.1) is 0 Å². The van der Waals surface area contributed by atoms with E-state index in [1.54, 1.807) is 12.3 Å². The molecule has 3 nitrogen and oxygen atoms in total. The van der Waals surface area contributed by atoms with E-state index in [4.69, 9.17) is 5.73 Å². The molecule has 0 aromatic rings. The number of allylic oxidation sites excluding steroid dienone is 1. The molecular weight excluding hydrogens is 162 g/mol. The molecule has 0 radical (unpaired) electrons. The smallest absolute Gasteiger partial charge is 0.0624 e. The molecule has 1 rings (SSSR count). The molecule has 0 saturated carbocycles. The summed E-state index contributed by atoms with van der Waals surface area (Å²) in [6.07, 6.45) is 7.46. The molecule has 0 bridgehead atoms. The maximum absolute atomic E-state index is 5.16. The van der Waals surface area contributed by atoms with E-state index in [-0.39, 0.29) is 0 Å². The molecule has 0 aromatic heterocycles. The van der Waals surface area contributed by atoms with Gasteiger partial charge in [-0.25, -0.2) is 0 Å². The topological polar surface area (TPSA) is 50.4 Å². The summed E-state index contributed by atoms with van der Waals surface area (Å²) in [4.78, 5) is 4.32. The number of piperidine rings is 1. The van der Waals surface area contributed by atoms with Gasteiger partial charge in [0.05, 0.1) is 6.04 Å². The van der Waals surface area contributed by atoms with Crippen LogP contribution < -0.4 is 11.1 Å². The van der Waals surface area contributed by atoms with Crippen LogP contribution in [0.4, 0.5) is 0 Å². The Morgan fingerprint density at radius 2 is 2.23 bits per heavy atom. The molecule has 1 unspecified atom stereocenters. The summed E-state index contributed by atoms with van der Waals surface area (Å²) in [5.41, 5.74) is 5.16. The van der Waals surface area contributed by atoms with E-state index in [1.807, 2.05) is 13.8 Å². The first kappa shape index (κ1) is 12.2. The Morgan fingerprint density at radius 3 is 2.77 bits per heavy atom. The monoisotopic (exact) mass is 183 g/mol. The number of nitrogens with zero attached hydrogens (tertiary/aromatic N) is 1. The fourth-order valence-corrected chi connectivity index (χ4v) is 1.18. The normalized spacial score (nSPS) is 23.1. The fraction of sp³-hybridized carbons (Fsp3) is 0.700. The maximum Gasteiger partial charge on any atom is 0.0624 e. The number of hydrogen-bond donors (Lipinski definition) is 2. The van der Waals surface area contributed by atoms with Crippen LogP contribution >= 0.6 is 0 Å². The number of rotatable bonds is 2. The van der Waals surface area contributed by atoms with Crippen molar-refractivity contribution >= 4 is 6.21 Å². The maximum atomic E-state index is 5.16. The second-order valence-electron chi connectivity index (χ2n) is 2.68. The van der Waals surface area contributed by atoms with Gasteiger partial charge < -0.3 is 11.1 Å². The quantitative estimate of drug-likeness (QED) is 0.634. The van der Waals surface area contributed by atoms with E-state index in [1.165, 1.54) is 19.0 Å². The van der Waals surface area contributed by atoms with Gasteiger partial charge >= 0.3 is 0 Å². The summed E-state index contributed by atoms with van der Waals surface area (Å²) >= 11 is 0. The standard InChI is InChI=1S/C8H15N3.C2H6/c9-4-2-6-11-8-3-1-5-10-7-8;1-2/h2,4,6,8,10H,1,3,5,7,9H2;1-2H3/b4-2-,11-6?;. The lowest BCUT2D eigenvalue weighted by molar-refractivity contribution is 0.462. The fourth-order valence-electron chi connectivity index (χ4n) is 1.18. The van der Waals surface area contributed by atoms with Crippen LogP contribution in [0.2, 0.25) is 0 Å². The number of nitrogens with two attached hydrogens (primary N) is 1. The zero-order valence-corrected chi connectivity index (χ0v) is 8.66. The van der Waals surface area contributed by atoms with Crippen molar-refractivity contribution in [2.75, 3.05) is 13.1 Å². The molecule has 13 heavy (non-hydrogen) atoms. The van der Waals surface area contributed by atoms with Crippen molar-refractivity contribution in [3.63, 3.8) is 0 Å². The zero-order chi connectivity index (χ0) is 9.94. The van der Waals surface area contributed by atoms with Crippen molar-refractivity contribution in [3.05, 3.63) is 12.3 Å². The lowest BCUT2D eigenvalue weighted by Gasteiger charge is -2.18. The van der Waals surface area contributed by atoms with Crippen LogP contribution in [0.3, 0.4) is 0 Å². The van der Waals surface area contributed by atoms with Crippen LogP contribution in [0.15, 0.2) is 17.3 Å². The molecule has 3 N–H and O–H groups in total. The SMILES string of the molecule is CC.N/C=C\C=NC1CCCNC1. The van der Waals surface area contributed by atoms with Gasteiger partial charge in [-0.3, -0.25) is 4.99 Å². The van der Waals surface area contributed by atoms with Gasteiger partial charge in [0.1, 0.15) is 0 Å². The lowest BCUT2D eigenvalue weighted by Crippen LogP contribution is -2.32. The van der Waals surface area contributed by atoms with Gasteiger partial charge in [0, 0.05) is 12.8 Å². The first-order chi connectivity index (χ1) is 6.43. The highest BCUT2D eigenvalue weighted by Gasteiger charge is 2.09. The summed E-state index contributed by atoms with van der Waals surface area (Å²) in [5, 5.41) is 3.29. The van der Waals surface area contributed by atoms with Gasteiger partial charge in [0.15, 0.2) is 0 Å². The molecule has 0 aliphatic carbocycles. The molecule has 1 fully saturated rings. The summed E-state index contributed by atoms with van der Waals surface area (Å²) < 4.78 is 0. The van der Waals surface area contributed by atoms with E-state index >= 15 is 0 Å². The average Bonchev–Trinajstić information content (AvgIpc) is 2.23. The molecule has 0 spiro atoms. The van der Waals surface area contributed by atoms with E-state index in [9.17, 15) is 0 Å². The minimum absolute atomic E-state index is 0.458. The molecule has 1 heterocycles. The Morgan fingerprint density at radius 1 is 1.46 bits per heavy atom. The summed E-state index contributed by atoms with van der Waals surface area (Å²) in [6, 6.07) is 0.458. The van der Waals surface area contributed by atoms with Gasteiger partial charge in [-0.1, -0.05) is 13.8 Å². The van der Waals surface area contributed by atoms with Gasteiger partial charge in [-0.05, 0) is 31.7 Å². The summed E-state index contributed by atoms with van der Waals surface area (Å²) in [6.45, 7) is 6.15. The van der Waals surface area contributed by atoms with E-state index in [2.05, 4.69) is 10.3 Å². The highest BCUT2D eigenvalue weighted by atomic mass is 14.9. The van der Waals surface area contributed by atoms with Crippen LogP contribution in [-0.2, 0) is 0 Å². The van der Waals surface area contributed by atoms with Crippen LogP contribution in [0.5, 0.6) is 0 Å². The Balaban J connectivity index is 0.000000671. The Bertz CT molecular complexity index is 146. The number of hydrogen-bond acceptors (Lipinski definition) is 3. The minimum Gasteiger partial charge on any atom is -0.405 e. The van der Waals surface area contributed by atoms with E-state index in [0.29, 0.717) is 6.04 Å². The summed E-state index contributed by atoms with van der Waals surface area (Å²) in [5.74, 6) is 0. The molecule has 3 heteroatoms. The van der Waals surface area contributed by atoms with Crippen molar-refractivity contribution in [1.29, 1.82) is 0 Å². The predicted octanol–water partition coefficient (Wildman–Crippen LogP) is 1.31. The van der Waals surface area contributed by atoms with Crippen LogP contribution in [0.1, 0.15) is 26.7 Å². The predicted molar refractivity (Wildman–Crippen MR) is 59.1 cm³/mol. The van der Waals surface area contributed by atoms with Gasteiger partial charge in [0.25, 0.3) is 0 Å². The zero-order valence-electron chi connectivity index (χ0n) is 8.66. The first-order valence-corrected chi connectivity index (χ1v) is 5.04. The molecule has 1 aliphatic heterocycles. The minimum atomic E-state index is 0.458. The van der Waals surface area contributed by atoms with Crippen molar-refractivity contribution in [2.24, 2.45) is 10.7 Å². The van der Waals surface area contributed by atoms with Crippen LogP contribution in [0.25, 0.3) is 0 Å². The third kappa shape index (κ3) is 6.34. The largest absolute Gasteiger partial charge is 0.405 e. The summed E-state index contributed by atoms with van der Waals surface area (Å²) in [7, 11) is 0. The molecule has 0 aromatic carbocycles. The molecule has 0 amide bonds. The van der Waals surface area contributed by atoms with Crippen molar-refractivity contribution in [3.8, 4) is 0 Å². The lowest BCUT2D eigenvalue weighted by atomic mass is 10.1.